The Hall–Kier alpha value is -1.47. The van der Waals surface area contributed by atoms with Crippen molar-refractivity contribution in [3.63, 3.8) is 0 Å². The topological polar surface area (TPSA) is 12.0 Å². The highest BCUT2D eigenvalue weighted by atomic mass is 32.1. The van der Waals surface area contributed by atoms with E-state index in [9.17, 15) is 0 Å². The van der Waals surface area contributed by atoms with E-state index >= 15 is 0 Å². The zero-order valence-corrected chi connectivity index (χ0v) is 19.2. The van der Waals surface area contributed by atoms with Gasteiger partial charge in [0.2, 0.25) is 0 Å². The van der Waals surface area contributed by atoms with E-state index in [4.69, 9.17) is 0 Å². The summed E-state index contributed by atoms with van der Waals surface area (Å²) >= 11 is 1.96. The molecule has 1 unspecified atom stereocenters. The van der Waals surface area contributed by atoms with Crippen molar-refractivity contribution in [1.29, 1.82) is 0 Å². The summed E-state index contributed by atoms with van der Waals surface area (Å²) in [4.78, 5) is 2.94. The molecule has 1 nitrogen and oxygen atoms in total. The number of benzene rings is 2. The van der Waals surface area contributed by atoms with E-state index in [-0.39, 0.29) is 13.3 Å². The van der Waals surface area contributed by atoms with Gasteiger partial charge in [0.25, 0.3) is 0 Å². The summed E-state index contributed by atoms with van der Waals surface area (Å²) < 4.78 is 0. The largest absolute Gasteiger partial charge is 0.308 e. The molecular weight excluding hydrogens is 377 g/mol. The van der Waals surface area contributed by atoms with Crippen molar-refractivity contribution in [2.24, 2.45) is 5.41 Å². The summed E-state index contributed by atoms with van der Waals surface area (Å²) in [6.45, 7) is 10.3. The smallest absolute Gasteiger partial charge is 0.0464 e. The summed E-state index contributed by atoms with van der Waals surface area (Å²) in [5.74, 6) is 0. The van der Waals surface area contributed by atoms with Gasteiger partial charge in [0.1, 0.15) is 0 Å². The number of rotatable bonds is 8. The predicted octanol–water partition coefficient (Wildman–Crippen LogP) is 6.12. The molecule has 0 saturated carbocycles. The molecule has 2 aromatic carbocycles. The van der Waals surface area contributed by atoms with E-state index in [2.05, 4.69) is 106 Å². The molecule has 28 heavy (non-hydrogen) atoms. The SMILES string of the molecule is CCc1ccc(C(NCCP(c2ccccc2)c2ccccc2)C(C)(C)C)s1. The van der Waals surface area contributed by atoms with Gasteiger partial charge in [-0.25, -0.2) is 0 Å². The maximum Gasteiger partial charge on any atom is 0.0464 e. The number of thiophene rings is 1. The van der Waals surface area contributed by atoms with E-state index in [1.54, 1.807) is 0 Å². The third kappa shape index (κ3) is 5.54. The Morgan fingerprint density at radius 3 is 1.89 bits per heavy atom. The highest BCUT2D eigenvalue weighted by molar-refractivity contribution is 7.73. The van der Waals surface area contributed by atoms with Crippen LogP contribution in [0.3, 0.4) is 0 Å². The van der Waals surface area contributed by atoms with Crippen LogP contribution in [0.1, 0.15) is 43.5 Å². The van der Waals surface area contributed by atoms with Crippen LogP contribution in [0.15, 0.2) is 72.8 Å². The van der Waals surface area contributed by atoms with Crippen LogP contribution in [0.5, 0.6) is 0 Å². The second-order valence-corrected chi connectivity index (χ2v) is 11.8. The van der Waals surface area contributed by atoms with Crippen molar-refractivity contribution in [3.8, 4) is 0 Å². The lowest BCUT2D eigenvalue weighted by Crippen LogP contribution is -2.34. The predicted molar refractivity (Wildman–Crippen MR) is 128 cm³/mol. The fourth-order valence-corrected chi connectivity index (χ4v) is 7.02. The first-order valence-electron chi connectivity index (χ1n) is 10.2. The Balaban J connectivity index is 1.75. The van der Waals surface area contributed by atoms with E-state index in [1.165, 1.54) is 20.4 Å². The third-order valence-electron chi connectivity index (χ3n) is 5.00. The number of hydrogen-bond donors (Lipinski definition) is 1. The van der Waals surface area contributed by atoms with Crippen LogP contribution in [-0.2, 0) is 6.42 Å². The van der Waals surface area contributed by atoms with Gasteiger partial charge in [0.05, 0.1) is 0 Å². The lowest BCUT2D eigenvalue weighted by atomic mass is 9.86. The number of hydrogen-bond acceptors (Lipinski definition) is 2. The van der Waals surface area contributed by atoms with Crippen molar-refractivity contribution in [2.75, 3.05) is 12.7 Å². The molecule has 0 saturated heterocycles. The maximum absolute atomic E-state index is 3.91. The molecule has 1 heterocycles. The van der Waals surface area contributed by atoms with Gasteiger partial charge >= 0.3 is 0 Å². The molecule has 0 fully saturated rings. The van der Waals surface area contributed by atoms with Crippen LogP contribution < -0.4 is 15.9 Å². The second kappa shape index (κ2) is 9.83. The van der Waals surface area contributed by atoms with Crippen molar-refractivity contribution >= 4 is 29.9 Å². The van der Waals surface area contributed by atoms with Gasteiger partial charge in [-0.3, -0.25) is 0 Å². The van der Waals surface area contributed by atoms with E-state index < -0.39 is 0 Å². The summed E-state index contributed by atoms with van der Waals surface area (Å²) in [5, 5.41) is 6.83. The first-order chi connectivity index (χ1) is 13.5. The Kier molecular flexibility index (Phi) is 7.46. The van der Waals surface area contributed by atoms with Crippen LogP contribution >= 0.6 is 19.3 Å². The molecule has 148 valence electrons. The molecule has 0 amide bonds. The monoisotopic (exact) mass is 409 g/mol. The molecule has 0 radical (unpaired) electrons. The first kappa shape index (κ1) is 21.2. The Morgan fingerprint density at radius 1 is 0.857 bits per heavy atom. The fraction of sp³-hybridized carbons (Fsp3) is 0.360. The highest BCUT2D eigenvalue weighted by Gasteiger charge is 2.27. The van der Waals surface area contributed by atoms with Gasteiger partial charge in [-0.15, -0.1) is 11.3 Å². The van der Waals surface area contributed by atoms with Gasteiger partial charge in [0.15, 0.2) is 0 Å². The van der Waals surface area contributed by atoms with E-state index in [0.29, 0.717) is 6.04 Å². The van der Waals surface area contributed by atoms with Crippen molar-refractivity contribution in [3.05, 3.63) is 82.6 Å². The summed E-state index contributed by atoms with van der Waals surface area (Å²) in [6, 6.07) is 27.0. The van der Waals surface area contributed by atoms with E-state index in [0.717, 1.165) is 19.1 Å². The van der Waals surface area contributed by atoms with Crippen LogP contribution in [0.4, 0.5) is 0 Å². The normalized spacial score (nSPS) is 13.0. The van der Waals surface area contributed by atoms with Crippen LogP contribution in [0.25, 0.3) is 0 Å². The van der Waals surface area contributed by atoms with Crippen LogP contribution in [0.2, 0.25) is 0 Å². The van der Waals surface area contributed by atoms with Crippen LogP contribution in [-0.4, -0.2) is 12.7 Å². The molecule has 3 heteroatoms. The van der Waals surface area contributed by atoms with Gasteiger partial charge in [-0.1, -0.05) is 88.4 Å². The number of nitrogens with one attached hydrogen (secondary N) is 1. The zero-order valence-electron chi connectivity index (χ0n) is 17.5. The second-order valence-electron chi connectivity index (χ2n) is 8.23. The van der Waals surface area contributed by atoms with Gasteiger partial charge in [-0.2, -0.15) is 0 Å². The average molecular weight is 410 g/mol. The summed E-state index contributed by atoms with van der Waals surface area (Å²) in [5.41, 5.74) is 0.193. The molecule has 0 spiro atoms. The summed E-state index contributed by atoms with van der Waals surface area (Å²) in [6.07, 6.45) is 2.27. The fourth-order valence-electron chi connectivity index (χ4n) is 3.52. The van der Waals surface area contributed by atoms with Crippen molar-refractivity contribution in [1.82, 2.24) is 5.32 Å². The Labute approximate surface area is 176 Å². The molecular formula is C25H32NPS. The minimum atomic E-state index is -0.343. The minimum Gasteiger partial charge on any atom is -0.308 e. The Morgan fingerprint density at radius 2 is 1.43 bits per heavy atom. The molecule has 1 atom stereocenters. The quantitative estimate of drug-likeness (QED) is 0.442. The molecule has 0 aliphatic rings. The van der Waals surface area contributed by atoms with Gasteiger partial charge < -0.3 is 5.32 Å². The number of aryl methyl sites for hydroxylation is 1. The molecule has 0 aliphatic carbocycles. The molecule has 3 rings (SSSR count). The standard InChI is InChI=1S/C25H32NPS/c1-5-22-16-17-23(28-22)24(25(2,3)4)26-18-19-27(20-12-8-6-9-13-20)21-14-10-7-11-15-21/h6-17,24,26H,5,18-19H2,1-4H3. The molecule has 0 bridgehead atoms. The van der Waals surface area contributed by atoms with Crippen LogP contribution in [0, 0.1) is 5.41 Å². The maximum atomic E-state index is 3.91. The minimum absolute atomic E-state index is 0.193. The highest BCUT2D eigenvalue weighted by Crippen LogP contribution is 2.38. The van der Waals surface area contributed by atoms with E-state index in [1.807, 2.05) is 11.3 Å². The third-order valence-corrected chi connectivity index (χ3v) is 8.81. The Bertz CT molecular complexity index is 796. The van der Waals surface area contributed by atoms with Crippen molar-refractivity contribution in [2.45, 2.75) is 40.2 Å². The first-order valence-corrected chi connectivity index (χ1v) is 12.5. The molecule has 3 aromatic rings. The van der Waals surface area contributed by atoms with Crippen molar-refractivity contribution < 1.29 is 0 Å². The molecule has 1 N–H and O–H groups in total. The lowest BCUT2D eigenvalue weighted by molar-refractivity contribution is 0.281. The summed E-state index contributed by atoms with van der Waals surface area (Å²) in [7, 11) is -0.343. The molecule has 1 aromatic heterocycles. The average Bonchev–Trinajstić information content (AvgIpc) is 3.17. The van der Waals surface area contributed by atoms with Gasteiger partial charge in [0, 0.05) is 22.3 Å². The molecule has 0 aliphatic heterocycles. The zero-order chi connectivity index (χ0) is 20.0. The van der Waals surface area contributed by atoms with Gasteiger partial charge in [-0.05, 0) is 48.7 Å². The lowest BCUT2D eigenvalue weighted by Gasteiger charge is -2.32.